The second kappa shape index (κ2) is 11.2. The quantitative estimate of drug-likeness (QED) is 0.466. The van der Waals surface area contributed by atoms with Crippen molar-refractivity contribution in [3.8, 4) is 0 Å². The van der Waals surface area contributed by atoms with Gasteiger partial charge in [0.2, 0.25) is 5.91 Å². The molecule has 1 aromatic carbocycles. The Morgan fingerprint density at radius 2 is 2.13 bits per heavy atom. The number of nitrogens with zero attached hydrogens (tertiary/aromatic N) is 1. The van der Waals surface area contributed by atoms with Gasteiger partial charge in [0.05, 0.1) is 4.91 Å². The summed E-state index contributed by atoms with van der Waals surface area (Å²) in [6, 6.07) is 7.56. The van der Waals surface area contributed by atoms with Gasteiger partial charge in [-0.05, 0) is 69.1 Å². The van der Waals surface area contributed by atoms with Crippen LogP contribution in [0.15, 0.2) is 29.2 Å². The smallest absolute Gasteiger partial charge is 0.257 e. The highest BCUT2D eigenvalue weighted by Crippen LogP contribution is 2.40. The lowest BCUT2D eigenvalue weighted by molar-refractivity contribution is -0.127. The first-order chi connectivity index (χ1) is 14.5. The number of hydrogen-bond acceptors (Lipinski definition) is 4. The molecule has 1 saturated heterocycles. The number of hydrogen-bond donors (Lipinski definition) is 2. The molecule has 164 valence electrons. The number of halogens is 1. The van der Waals surface area contributed by atoms with Crippen molar-refractivity contribution in [2.75, 3.05) is 26.2 Å². The molecule has 30 heavy (non-hydrogen) atoms. The van der Waals surface area contributed by atoms with Crippen LogP contribution in [-0.2, 0) is 9.59 Å². The fourth-order valence-corrected chi connectivity index (χ4v) is 5.67. The third kappa shape index (κ3) is 6.25. The van der Waals surface area contributed by atoms with Crippen molar-refractivity contribution in [2.24, 2.45) is 5.92 Å². The minimum absolute atomic E-state index is 0.0148. The zero-order valence-electron chi connectivity index (χ0n) is 17.8. The molecule has 2 aliphatic rings. The number of carbonyl (C=O) groups excluding carboxylic acids is 2. The summed E-state index contributed by atoms with van der Waals surface area (Å²) in [5, 5.41) is 7.22. The zero-order chi connectivity index (χ0) is 21.5. The molecule has 2 amide bonds. The first-order valence-corrected chi connectivity index (χ1v) is 12.2. The SMILES string of the molecule is CCN(CC)CCCNC(=O)C1CCC2S/C(=C/c3cccc(Cl)c3)C(=O)NC2C1. The summed E-state index contributed by atoms with van der Waals surface area (Å²) in [7, 11) is 0. The van der Waals surface area contributed by atoms with Crippen molar-refractivity contribution in [3.05, 3.63) is 39.8 Å². The minimum atomic E-state index is -0.0542. The lowest BCUT2D eigenvalue weighted by atomic mass is 9.84. The number of nitrogens with one attached hydrogen (secondary N) is 2. The maximum atomic E-state index is 12.6. The Labute approximate surface area is 189 Å². The van der Waals surface area contributed by atoms with Crippen molar-refractivity contribution < 1.29 is 9.59 Å². The van der Waals surface area contributed by atoms with Crippen molar-refractivity contribution in [3.63, 3.8) is 0 Å². The van der Waals surface area contributed by atoms with Crippen molar-refractivity contribution in [1.82, 2.24) is 15.5 Å². The Kier molecular flexibility index (Phi) is 8.66. The fourth-order valence-electron chi connectivity index (χ4n) is 4.18. The van der Waals surface area contributed by atoms with E-state index in [0.717, 1.165) is 55.8 Å². The van der Waals surface area contributed by atoms with Gasteiger partial charge in [-0.2, -0.15) is 0 Å². The standard InChI is InChI=1S/C23H32ClN3O2S/c1-3-27(4-2)12-6-11-25-22(28)17-9-10-20-19(15-17)26-23(29)21(30-20)14-16-7-5-8-18(24)13-16/h5,7-8,13-14,17,19-20H,3-4,6,9-12,15H2,1-2H3,(H,25,28)(H,26,29)/b21-14+. The lowest BCUT2D eigenvalue weighted by Gasteiger charge is -2.39. The van der Waals surface area contributed by atoms with Crippen LogP contribution in [-0.4, -0.2) is 54.2 Å². The third-order valence-electron chi connectivity index (χ3n) is 5.97. The molecule has 1 aliphatic heterocycles. The highest BCUT2D eigenvalue weighted by atomic mass is 35.5. The number of thioether (sulfide) groups is 1. The number of benzene rings is 1. The molecule has 3 unspecified atom stereocenters. The van der Waals surface area contributed by atoms with Gasteiger partial charge in [0, 0.05) is 28.8 Å². The predicted molar refractivity (Wildman–Crippen MR) is 125 cm³/mol. The Bertz CT molecular complexity index is 781. The second-order valence-electron chi connectivity index (χ2n) is 7.98. The number of amides is 2. The van der Waals surface area contributed by atoms with Crippen LogP contribution in [0.5, 0.6) is 0 Å². The zero-order valence-corrected chi connectivity index (χ0v) is 19.4. The summed E-state index contributed by atoms with van der Waals surface area (Å²) in [5.74, 6) is 0.0630. The number of fused-ring (bicyclic) bond motifs is 1. The van der Waals surface area contributed by atoms with Gasteiger partial charge in [0.1, 0.15) is 0 Å². The number of carbonyl (C=O) groups is 2. The Balaban J connectivity index is 1.49. The van der Waals surface area contributed by atoms with Crippen LogP contribution in [0.2, 0.25) is 5.02 Å². The first kappa shape index (κ1) is 23.2. The summed E-state index contributed by atoms with van der Waals surface area (Å²) >= 11 is 7.69. The van der Waals surface area contributed by atoms with Gasteiger partial charge in [0.25, 0.3) is 5.91 Å². The Morgan fingerprint density at radius 3 is 2.87 bits per heavy atom. The van der Waals surface area contributed by atoms with E-state index in [0.29, 0.717) is 16.8 Å². The first-order valence-electron chi connectivity index (χ1n) is 10.9. The number of rotatable bonds is 8. The van der Waals surface area contributed by atoms with Crippen molar-refractivity contribution in [1.29, 1.82) is 0 Å². The maximum absolute atomic E-state index is 12.6. The molecule has 5 nitrogen and oxygen atoms in total. The third-order valence-corrected chi connectivity index (χ3v) is 7.63. The molecule has 1 saturated carbocycles. The molecule has 7 heteroatoms. The van der Waals surface area contributed by atoms with Crippen LogP contribution < -0.4 is 10.6 Å². The topological polar surface area (TPSA) is 61.4 Å². The normalized spacial score (nSPS) is 25.1. The van der Waals surface area contributed by atoms with Crippen LogP contribution in [0.4, 0.5) is 0 Å². The van der Waals surface area contributed by atoms with Gasteiger partial charge < -0.3 is 15.5 Å². The van der Waals surface area contributed by atoms with Gasteiger partial charge in [-0.3, -0.25) is 9.59 Å². The van der Waals surface area contributed by atoms with E-state index in [2.05, 4.69) is 29.4 Å². The van der Waals surface area contributed by atoms with E-state index in [1.54, 1.807) is 11.8 Å². The van der Waals surface area contributed by atoms with E-state index in [-0.39, 0.29) is 23.8 Å². The average Bonchev–Trinajstić information content (AvgIpc) is 2.74. The molecule has 1 heterocycles. The summed E-state index contributed by atoms with van der Waals surface area (Å²) in [6.07, 6.45) is 5.39. The molecule has 3 atom stereocenters. The summed E-state index contributed by atoms with van der Waals surface area (Å²) < 4.78 is 0. The molecular formula is C23H32ClN3O2S. The fraction of sp³-hybridized carbons (Fsp3) is 0.565. The summed E-state index contributed by atoms with van der Waals surface area (Å²) in [5.41, 5.74) is 0.927. The minimum Gasteiger partial charge on any atom is -0.356 e. The highest BCUT2D eigenvalue weighted by molar-refractivity contribution is 8.04. The van der Waals surface area contributed by atoms with Crippen LogP contribution in [0, 0.1) is 5.92 Å². The van der Waals surface area contributed by atoms with E-state index in [9.17, 15) is 9.59 Å². The molecule has 0 spiro atoms. The van der Waals surface area contributed by atoms with Gasteiger partial charge in [0.15, 0.2) is 0 Å². The van der Waals surface area contributed by atoms with E-state index in [1.165, 1.54) is 0 Å². The molecule has 2 N–H and O–H groups in total. The molecule has 0 bridgehead atoms. The molecule has 3 rings (SSSR count). The van der Waals surface area contributed by atoms with Crippen LogP contribution >= 0.6 is 23.4 Å². The van der Waals surface area contributed by atoms with Gasteiger partial charge in [-0.25, -0.2) is 0 Å². The Morgan fingerprint density at radius 1 is 1.33 bits per heavy atom. The lowest BCUT2D eigenvalue weighted by Crippen LogP contribution is -2.51. The molecule has 0 aromatic heterocycles. The van der Waals surface area contributed by atoms with Crippen LogP contribution in [0.3, 0.4) is 0 Å². The molecule has 1 aromatic rings. The largest absolute Gasteiger partial charge is 0.356 e. The molecule has 2 fully saturated rings. The maximum Gasteiger partial charge on any atom is 0.257 e. The molecular weight excluding hydrogens is 418 g/mol. The summed E-state index contributed by atoms with van der Waals surface area (Å²) in [6.45, 7) is 8.13. The van der Waals surface area contributed by atoms with E-state index in [1.807, 2.05) is 30.3 Å². The highest BCUT2D eigenvalue weighted by Gasteiger charge is 2.39. The van der Waals surface area contributed by atoms with Gasteiger partial charge >= 0.3 is 0 Å². The van der Waals surface area contributed by atoms with Crippen molar-refractivity contribution in [2.45, 2.75) is 50.8 Å². The Hall–Kier alpha value is -1.50. The van der Waals surface area contributed by atoms with Crippen LogP contribution in [0.25, 0.3) is 6.08 Å². The molecule has 1 aliphatic carbocycles. The van der Waals surface area contributed by atoms with Crippen LogP contribution in [0.1, 0.15) is 45.1 Å². The van der Waals surface area contributed by atoms with Gasteiger partial charge in [-0.15, -0.1) is 11.8 Å². The van der Waals surface area contributed by atoms with E-state index in [4.69, 9.17) is 11.6 Å². The van der Waals surface area contributed by atoms with E-state index < -0.39 is 0 Å². The predicted octanol–water partition coefficient (Wildman–Crippen LogP) is 3.93. The monoisotopic (exact) mass is 449 g/mol. The van der Waals surface area contributed by atoms with Crippen molar-refractivity contribution >= 4 is 41.3 Å². The second-order valence-corrected chi connectivity index (χ2v) is 9.70. The van der Waals surface area contributed by atoms with Gasteiger partial charge in [-0.1, -0.05) is 37.6 Å². The summed E-state index contributed by atoms with van der Waals surface area (Å²) in [4.78, 5) is 28.3. The average molecular weight is 450 g/mol. The molecule has 0 radical (unpaired) electrons. The van der Waals surface area contributed by atoms with E-state index >= 15 is 0 Å².